The van der Waals surface area contributed by atoms with Crippen molar-refractivity contribution in [1.29, 1.82) is 0 Å². The van der Waals surface area contributed by atoms with Gasteiger partial charge in [-0.05, 0) is 55.0 Å². The van der Waals surface area contributed by atoms with Crippen molar-refractivity contribution >= 4 is 38.8 Å². The average Bonchev–Trinajstić information content (AvgIpc) is 3.43. The van der Waals surface area contributed by atoms with Crippen LogP contribution in [0.5, 0.6) is 0 Å². The molecule has 0 saturated heterocycles. The van der Waals surface area contributed by atoms with Crippen LogP contribution in [0.2, 0.25) is 5.02 Å². The summed E-state index contributed by atoms with van der Waals surface area (Å²) in [5, 5.41) is 20.5. The number of aliphatic hydroxyl groups excluding tert-OH is 1. The summed E-state index contributed by atoms with van der Waals surface area (Å²) in [7, 11) is -4.04. The molecule has 32 heavy (non-hydrogen) atoms. The monoisotopic (exact) mass is 477 g/mol. The van der Waals surface area contributed by atoms with Crippen molar-refractivity contribution in [1.82, 2.24) is 14.5 Å². The second-order valence-corrected chi connectivity index (χ2v) is 10.1. The Hall–Kier alpha value is -2.24. The van der Waals surface area contributed by atoms with E-state index in [-0.39, 0.29) is 24.6 Å². The molecular formula is C21H24ClN5O4S. The van der Waals surface area contributed by atoms with Crippen LogP contribution in [0.15, 0.2) is 36.8 Å². The molecule has 0 bridgehead atoms. The minimum absolute atomic E-state index is 0.0336. The first-order valence-corrected chi connectivity index (χ1v) is 12.3. The van der Waals surface area contributed by atoms with Crippen LogP contribution in [0.4, 0.5) is 5.82 Å². The summed E-state index contributed by atoms with van der Waals surface area (Å²) in [6, 6.07) is 8.08. The molecule has 0 aliphatic heterocycles. The number of hydrogen-bond donors (Lipinski definition) is 3. The smallest absolute Gasteiger partial charge is 0.333 e. The first kappa shape index (κ1) is 21.6. The molecule has 170 valence electrons. The second-order valence-electron chi connectivity index (χ2n) is 8.49. The first-order chi connectivity index (χ1) is 15.3. The molecule has 0 spiro atoms. The third-order valence-corrected chi connectivity index (χ3v) is 7.18. The molecule has 2 aliphatic carbocycles. The van der Waals surface area contributed by atoms with E-state index in [0.29, 0.717) is 12.8 Å². The van der Waals surface area contributed by atoms with Gasteiger partial charge in [-0.1, -0.05) is 17.7 Å². The fourth-order valence-electron chi connectivity index (χ4n) is 4.94. The molecule has 4 atom stereocenters. The van der Waals surface area contributed by atoms with Gasteiger partial charge >= 0.3 is 10.3 Å². The number of hydrogen-bond acceptors (Lipinski definition) is 7. The van der Waals surface area contributed by atoms with Crippen molar-refractivity contribution in [3.8, 4) is 0 Å². The molecule has 11 heteroatoms. The van der Waals surface area contributed by atoms with Gasteiger partial charge in [0.2, 0.25) is 0 Å². The number of nitrogens with two attached hydrogens (primary N) is 1. The molecule has 9 nitrogen and oxygen atoms in total. The lowest BCUT2D eigenvalue weighted by Gasteiger charge is -2.17. The van der Waals surface area contributed by atoms with Gasteiger partial charge in [0.15, 0.2) is 0 Å². The molecule has 0 radical (unpaired) electrons. The summed E-state index contributed by atoms with van der Waals surface area (Å²) in [4.78, 5) is 8.95. The minimum atomic E-state index is -4.04. The maximum atomic E-state index is 11.1. The van der Waals surface area contributed by atoms with Crippen molar-refractivity contribution < 1.29 is 17.7 Å². The van der Waals surface area contributed by atoms with E-state index >= 15 is 0 Å². The number of halogens is 1. The minimum Gasteiger partial charge on any atom is -0.393 e. The van der Waals surface area contributed by atoms with E-state index < -0.39 is 16.4 Å². The Labute approximate surface area is 190 Å². The zero-order valence-corrected chi connectivity index (χ0v) is 18.8. The number of aliphatic hydroxyl groups is 1. The van der Waals surface area contributed by atoms with Gasteiger partial charge in [-0.15, -0.1) is 0 Å². The van der Waals surface area contributed by atoms with E-state index in [1.165, 1.54) is 17.5 Å². The molecule has 0 unspecified atom stereocenters. The van der Waals surface area contributed by atoms with Gasteiger partial charge in [0.05, 0.1) is 24.1 Å². The Morgan fingerprint density at radius 1 is 1.28 bits per heavy atom. The van der Waals surface area contributed by atoms with Gasteiger partial charge in [0, 0.05) is 23.2 Å². The maximum Gasteiger partial charge on any atom is 0.333 e. The van der Waals surface area contributed by atoms with E-state index in [1.54, 1.807) is 0 Å². The summed E-state index contributed by atoms with van der Waals surface area (Å²) >= 11 is 6.13. The highest BCUT2D eigenvalue weighted by molar-refractivity contribution is 7.84. The van der Waals surface area contributed by atoms with Crippen LogP contribution in [-0.2, 0) is 20.9 Å². The molecule has 5 rings (SSSR count). The molecular weight excluding hydrogens is 454 g/mol. The van der Waals surface area contributed by atoms with Crippen LogP contribution in [0.3, 0.4) is 0 Å². The summed E-state index contributed by atoms with van der Waals surface area (Å²) in [5.41, 5.74) is 3.25. The summed E-state index contributed by atoms with van der Waals surface area (Å²) in [5.74, 6) is 0.436. The van der Waals surface area contributed by atoms with E-state index in [2.05, 4.69) is 21.4 Å². The summed E-state index contributed by atoms with van der Waals surface area (Å²) in [6.45, 7) is -0.136. The van der Waals surface area contributed by atoms with Crippen LogP contribution in [0, 0.1) is 5.92 Å². The molecule has 2 aromatic heterocycles. The van der Waals surface area contributed by atoms with Crippen LogP contribution in [-0.4, -0.2) is 40.8 Å². The van der Waals surface area contributed by atoms with Crippen molar-refractivity contribution in [2.75, 3.05) is 11.9 Å². The molecule has 1 fully saturated rings. The molecule has 2 heterocycles. The molecule has 0 amide bonds. The van der Waals surface area contributed by atoms with E-state index in [0.717, 1.165) is 34.7 Å². The van der Waals surface area contributed by atoms with Gasteiger partial charge in [-0.3, -0.25) is 4.18 Å². The molecule has 1 aromatic carbocycles. The molecule has 3 aromatic rings. The van der Waals surface area contributed by atoms with Gasteiger partial charge < -0.3 is 15.0 Å². The Morgan fingerprint density at radius 2 is 2.12 bits per heavy atom. The highest BCUT2D eigenvalue weighted by Crippen LogP contribution is 2.39. The van der Waals surface area contributed by atoms with Gasteiger partial charge in [0.25, 0.3) is 0 Å². The van der Waals surface area contributed by atoms with Crippen LogP contribution in [0.1, 0.15) is 42.5 Å². The zero-order valence-electron chi connectivity index (χ0n) is 17.2. The molecule has 1 saturated carbocycles. The highest BCUT2D eigenvalue weighted by atomic mass is 35.5. The van der Waals surface area contributed by atoms with E-state index in [9.17, 15) is 13.5 Å². The first-order valence-electron chi connectivity index (χ1n) is 10.5. The Morgan fingerprint density at radius 3 is 2.94 bits per heavy atom. The lowest BCUT2D eigenvalue weighted by Crippen LogP contribution is -2.24. The zero-order chi connectivity index (χ0) is 22.5. The fraction of sp³-hybridized carbons (Fsp3) is 0.429. The third-order valence-electron chi connectivity index (χ3n) is 6.48. The van der Waals surface area contributed by atoms with Gasteiger partial charge in [-0.25, -0.2) is 15.1 Å². The van der Waals surface area contributed by atoms with Gasteiger partial charge in [-0.2, -0.15) is 8.42 Å². The van der Waals surface area contributed by atoms with Crippen LogP contribution in [0.25, 0.3) is 11.0 Å². The fourth-order valence-corrected chi connectivity index (χ4v) is 5.50. The number of benzene rings is 1. The quantitative estimate of drug-likeness (QED) is 0.497. The van der Waals surface area contributed by atoms with Crippen LogP contribution < -0.4 is 10.5 Å². The largest absolute Gasteiger partial charge is 0.393 e. The number of aryl methyl sites for hydroxylation is 1. The maximum absolute atomic E-state index is 11.1. The average molecular weight is 478 g/mol. The van der Waals surface area contributed by atoms with Crippen molar-refractivity contribution in [2.24, 2.45) is 11.1 Å². The van der Waals surface area contributed by atoms with Crippen molar-refractivity contribution in [2.45, 2.75) is 43.9 Å². The van der Waals surface area contributed by atoms with Gasteiger partial charge in [0.1, 0.15) is 17.8 Å². The molecule has 2 aliphatic rings. The topological polar surface area (TPSA) is 132 Å². The second kappa shape index (κ2) is 8.27. The predicted molar refractivity (Wildman–Crippen MR) is 120 cm³/mol. The number of anilines is 1. The summed E-state index contributed by atoms with van der Waals surface area (Å²) in [6.07, 6.45) is 5.75. The normalized spacial score (nSPS) is 25.3. The number of rotatable bonds is 6. The van der Waals surface area contributed by atoms with Crippen molar-refractivity contribution in [3.63, 3.8) is 0 Å². The standard InChI is InChI=1S/C21H24ClN5O4S/c22-14-2-3-16-12(7-14)1-4-18(16)26-20-17-5-6-27(21(17)25-11-24-20)15-8-13(19(28)9-15)10-31-32(23,29)30/h2-3,5-7,11,13,15,18-19,28H,1,4,8-10H2,(H2,23,29,30)(H,24,25,26)/t13-,15+,18-,19-/m0/s1. The summed E-state index contributed by atoms with van der Waals surface area (Å²) < 4.78 is 28.9. The lowest BCUT2D eigenvalue weighted by molar-refractivity contribution is 0.100. The Bertz CT molecular complexity index is 1260. The predicted octanol–water partition coefficient (Wildman–Crippen LogP) is 2.72. The Balaban J connectivity index is 1.36. The highest BCUT2D eigenvalue weighted by Gasteiger charge is 2.35. The third kappa shape index (κ3) is 4.20. The van der Waals surface area contributed by atoms with E-state index in [1.807, 2.05) is 29.0 Å². The number of aromatic nitrogens is 3. The lowest BCUT2D eigenvalue weighted by atomic mass is 10.1. The van der Waals surface area contributed by atoms with Crippen molar-refractivity contribution in [3.05, 3.63) is 52.9 Å². The van der Waals surface area contributed by atoms with Crippen LogP contribution >= 0.6 is 11.6 Å². The number of nitrogens with one attached hydrogen (secondary N) is 1. The van der Waals surface area contributed by atoms with E-state index in [4.69, 9.17) is 20.9 Å². The Kier molecular flexibility index (Phi) is 5.58. The number of fused-ring (bicyclic) bond motifs is 2. The SMILES string of the molecule is NS(=O)(=O)OC[C@@H]1C[C@@H](n2ccc3c(N[C@H]4CCc5cc(Cl)ccc54)ncnc32)C[C@@H]1O. The number of nitrogens with zero attached hydrogens (tertiary/aromatic N) is 3. The molecule has 4 N–H and O–H groups in total.